The summed E-state index contributed by atoms with van der Waals surface area (Å²) >= 11 is 0. The molecule has 0 bridgehead atoms. The van der Waals surface area contributed by atoms with Crippen molar-refractivity contribution in [2.75, 3.05) is 46.6 Å². The van der Waals surface area contributed by atoms with Crippen molar-refractivity contribution in [1.29, 1.82) is 0 Å². The molecule has 1 aromatic carbocycles. The van der Waals surface area contributed by atoms with Gasteiger partial charge in [0.05, 0.1) is 33.4 Å². The number of esters is 1. The van der Waals surface area contributed by atoms with Crippen LogP contribution in [-0.4, -0.2) is 63.4 Å². The van der Waals surface area contributed by atoms with E-state index in [0.717, 1.165) is 5.56 Å². The molecule has 0 aromatic heterocycles. The molecule has 1 aromatic rings. The van der Waals surface area contributed by atoms with Gasteiger partial charge < -0.3 is 23.8 Å². The van der Waals surface area contributed by atoms with Crippen molar-refractivity contribution in [3.8, 4) is 11.5 Å². The molecule has 1 saturated heterocycles. The fraction of sp³-hybridized carbons (Fsp3) is 0.529. The predicted octanol–water partition coefficient (Wildman–Crippen LogP) is 1.04. The molecule has 0 radical (unpaired) electrons. The highest BCUT2D eigenvalue weighted by Crippen LogP contribution is 2.28. The van der Waals surface area contributed by atoms with Gasteiger partial charge in [0.2, 0.25) is 0 Å². The SMILES string of the molecule is CCOC(=O)Cc1ccc(OCC(=O)N2CCOCC2)c(OC)c1. The van der Waals surface area contributed by atoms with E-state index in [1.165, 1.54) is 7.11 Å². The van der Waals surface area contributed by atoms with Crippen LogP contribution in [0.3, 0.4) is 0 Å². The predicted molar refractivity (Wildman–Crippen MR) is 86.2 cm³/mol. The molecule has 1 aliphatic rings. The highest BCUT2D eigenvalue weighted by Gasteiger charge is 2.18. The first-order valence-electron chi connectivity index (χ1n) is 7.95. The summed E-state index contributed by atoms with van der Waals surface area (Å²) in [6.07, 6.45) is 0.164. The number of nitrogens with zero attached hydrogens (tertiary/aromatic N) is 1. The summed E-state index contributed by atoms with van der Waals surface area (Å²) < 4.78 is 21.0. The molecule has 0 aliphatic carbocycles. The third-order valence-electron chi connectivity index (χ3n) is 3.60. The summed E-state index contributed by atoms with van der Waals surface area (Å²) in [5.74, 6) is 0.560. The van der Waals surface area contributed by atoms with E-state index in [1.807, 2.05) is 0 Å². The average molecular weight is 337 g/mol. The van der Waals surface area contributed by atoms with E-state index in [-0.39, 0.29) is 24.9 Å². The van der Waals surface area contributed by atoms with Crippen LogP contribution in [0.15, 0.2) is 18.2 Å². The van der Waals surface area contributed by atoms with Crippen molar-refractivity contribution < 1.29 is 28.5 Å². The summed E-state index contributed by atoms with van der Waals surface area (Å²) in [5, 5.41) is 0. The fourth-order valence-corrected chi connectivity index (χ4v) is 2.36. The number of hydrogen-bond acceptors (Lipinski definition) is 6. The topological polar surface area (TPSA) is 74.3 Å². The maximum absolute atomic E-state index is 12.1. The van der Waals surface area contributed by atoms with Gasteiger partial charge in [0.15, 0.2) is 18.1 Å². The number of rotatable bonds is 7. The lowest BCUT2D eigenvalue weighted by Crippen LogP contribution is -2.43. The largest absolute Gasteiger partial charge is 0.493 e. The Morgan fingerprint density at radius 3 is 2.62 bits per heavy atom. The minimum absolute atomic E-state index is 0.0619. The van der Waals surface area contributed by atoms with E-state index in [1.54, 1.807) is 30.0 Å². The third kappa shape index (κ3) is 5.13. The Hall–Kier alpha value is -2.28. The number of ether oxygens (including phenoxy) is 4. The van der Waals surface area contributed by atoms with Gasteiger partial charge in [-0.2, -0.15) is 0 Å². The third-order valence-corrected chi connectivity index (χ3v) is 3.60. The second-order valence-electron chi connectivity index (χ2n) is 5.25. The second-order valence-corrected chi connectivity index (χ2v) is 5.25. The lowest BCUT2D eigenvalue weighted by atomic mass is 10.1. The van der Waals surface area contributed by atoms with E-state index >= 15 is 0 Å². The number of amides is 1. The number of morpholine rings is 1. The van der Waals surface area contributed by atoms with Crippen molar-refractivity contribution in [3.05, 3.63) is 23.8 Å². The molecule has 0 spiro atoms. The minimum atomic E-state index is -0.296. The molecule has 7 nitrogen and oxygen atoms in total. The van der Waals surface area contributed by atoms with Crippen LogP contribution < -0.4 is 9.47 Å². The van der Waals surface area contributed by atoms with Gasteiger partial charge in [0.1, 0.15) is 0 Å². The zero-order valence-electron chi connectivity index (χ0n) is 14.1. The molecule has 2 rings (SSSR count). The van der Waals surface area contributed by atoms with Crippen LogP contribution in [-0.2, 0) is 25.5 Å². The molecule has 7 heteroatoms. The Bertz CT molecular complexity index is 568. The molecule has 0 saturated carbocycles. The van der Waals surface area contributed by atoms with Crippen LogP contribution in [0.1, 0.15) is 12.5 Å². The number of carbonyl (C=O) groups excluding carboxylic acids is 2. The molecular formula is C17H23NO6. The Kier molecular flexibility index (Phi) is 6.87. The minimum Gasteiger partial charge on any atom is -0.493 e. The van der Waals surface area contributed by atoms with Gasteiger partial charge in [0.25, 0.3) is 5.91 Å². The van der Waals surface area contributed by atoms with Crippen LogP contribution in [0.4, 0.5) is 0 Å². The van der Waals surface area contributed by atoms with E-state index in [9.17, 15) is 9.59 Å². The maximum Gasteiger partial charge on any atom is 0.310 e. The van der Waals surface area contributed by atoms with Crippen LogP contribution in [0.5, 0.6) is 11.5 Å². The molecule has 1 heterocycles. The van der Waals surface area contributed by atoms with Gasteiger partial charge in [-0.1, -0.05) is 6.07 Å². The smallest absolute Gasteiger partial charge is 0.310 e. The number of hydrogen-bond donors (Lipinski definition) is 0. The van der Waals surface area contributed by atoms with Gasteiger partial charge in [-0.3, -0.25) is 9.59 Å². The summed E-state index contributed by atoms with van der Waals surface area (Å²) in [4.78, 5) is 25.3. The Morgan fingerprint density at radius 2 is 1.96 bits per heavy atom. The van der Waals surface area contributed by atoms with Gasteiger partial charge in [-0.05, 0) is 24.6 Å². The number of benzene rings is 1. The first kappa shape index (κ1) is 18.1. The lowest BCUT2D eigenvalue weighted by molar-refractivity contribution is -0.142. The first-order chi connectivity index (χ1) is 11.6. The fourth-order valence-electron chi connectivity index (χ4n) is 2.36. The van der Waals surface area contributed by atoms with Crippen molar-refractivity contribution in [3.63, 3.8) is 0 Å². The summed E-state index contributed by atoms with van der Waals surface area (Å²) in [6.45, 7) is 4.32. The van der Waals surface area contributed by atoms with Gasteiger partial charge in [-0.25, -0.2) is 0 Å². The van der Waals surface area contributed by atoms with E-state index < -0.39 is 0 Å². The van der Waals surface area contributed by atoms with Crippen LogP contribution in [0.25, 0.3) is 0 Å². The Labute approximate surface area is 141 Å². The zero-order chi connectivity index (χ0) is 17.4. The normalized spacial score (nSPS) is 14.2. The van der Waals surface area contributed by atoms with Crippen molar-refractivity contribution in [2.24, 2.45) is 0 Å². The van der Waals surface area contributed by atoms with E-state index in [2.05, 4.69) is 0 Å². The summed E-state index contributed by atoms with van der Waals surface area (Å²) in [6, 6.07) is 5.17. The first-order valence-corrected chi connectivity index (χ1v) is 7.95. The summed E-state index contributed by atoms with van der Waals surface area (Å²) in [5.41, 5.74) is 0.761. The maximum atomic E-state index is 12.1. The molecule has 0 atom stereocenters. The van der Waals surface area contributed by atoms with Crippen LogP contribution >= 0.6 is 0 Å². The Balaban J connectivity index is 1.94. The molecule has 0 unspecified atom stereocenters. The lowest BCUT2D eigenvalue weighted by Gasteiger charge is -2.26. The van der Waals surface area contributed by atoms with Crippen LogP contribution in [0, 0.1) is 0 Å². The molecule has 1 fully saturated rings. The van der Waals surface area contributed by atoms with Gasteiger partial charge >= 0.3 is 5.97 Å². The zero-order valence-corrected chi connectivity index (χ0v) is 14.1. The Morgan fingerprint density at radius 1 is 1.21 bits per heavy atom. The molecular weight excluding hydrogens is 314 g/mol. The number of methoxy groups -OCH3 is 1. The van der Waals surface area contributed by atoms with Gasteiger partial charge in [-0.15, -0.1) is 0 Å². The highest BCUT2D eigenvalue weighted by molar-refractivity contribution is 5.78. The molecule has 1 amide bonds. The highest BCUT2D eigenvalue weighted by atomic mass is 16.5. The standard InChI is InChI=1S/C17H23NO6/c1-3-23-17(20)11-13-4-5-14(15(10-13)21-2)24-12-16(19)18-6-8-22-9-7-18/h4-5,10H,3,6-9,11-12H2,1-2H3. The second kappa shape index (κ2) is 9.12. The van der Waals surface area contributed by atoms with Crippen LogP contribution in [0.2, 0.25) is 0 Å². The number of carbonyl (C=O) groups is 2. The summed E-state index contributed by atoms with van der Waals surface area (Å²) in [7, 11) is 1.51. The van der Waals surface area contributed by atoms with E-state index in [4.69, 9.17) is 18.9 Å². The van der Waals surface area contributed by atoms with Crippen molar-refractivity contribution in [2.45, 2.75) is 13.3 Å². The average Bonchev–Trinajstić information content (AvgIpc) is 2.61. The quantitative estimate of drug-likeness (QED) is 0.692. The van der Waals surface area contributed by atoms with E-state index in [0.29, 0.717) is 44.4 Å². The molecule has 132 valence electrons. The molecule has 1 aliphatic heterocycles. The molecule has 0 N–H and O–H groups in total. The van der Waals surface area contributed by atoms with Gasteiger partial charge in [0, 0.05) is 13.1 Å². The monoisotopic (exact) mass is 337 g/mol. The van der Waals surface area contributed by atoms with Crippen molar-refractivity contribution in [1.82, 2.24) is 4.90 Å². The molecule has 24 heavy (non-hydrogen) atoms. The van der Waals surface area contributed by atoms with Crippen molar-refractivity contribution >= 4 is 11.9 Å².